The normalized spacial score (nSPS) is 20.6. The highest BCUT2D eigenvalue weighted by molar-refractivity contribution is 14.0. The van der Waals surface area contributed by atoms with Crippen LogP contribution in [-0.4, -0.2) is 104 Å². The summed E-state index contributed by atoms with van der Waals surface area (Å²) in [7, 11) is 2.20. The Morgan fingerprint density at radius 3 is 2.43 bits per heavy atom. The van der Waals surface area contributed by atoms with E-state index in [2.05, 4.69) is 62.9 Å². The molecule has 3 heterocycles. The Kier molecular flexibility index (Phi) is 9.73. The van der Waals surface area contributed by atoms with Crippen molar-refractivity contribution in [3.8, 4) is 0 Å². The Bertz CT molecular complexity index is 581. The summed E-state index contributed by atoms with van der Waals surface area (Å²) in [5.41, 5.74) is 0. The van der Waals surface area contributed by atoms with Crippen molar-refractivity contribution in [3.63, 3.8) is 0 Å². The fraction of sp³-hybridized carbons (Fsp3) is 0.700. The average molecular weight is 501 g/mol. The van der Waals surface area contributed by atoms with Crippen molar-refractivity contribution in [2.45, 2.75) is 19.9 Å². The van der Waals surface area contributed by atoms with E-state index < -0.39 is 0 Å². The Morgan fingerprint density at radius 1 is 1.11 bits per heavy atom. The largest absolute Gasteiger partial charge is 0.357 e. The van der Waals surface area contributed by atoms with E-state index in [-0.39, 0.29) is 24.0 Å². The molecule has 158 valence electrons. The van der Waals surface area contributed by atoms with E-state index in [0.717, 1.165) is 77.2 Å². The molecule has 0 amide bonds. The van der Waals surface area contributed by atoms with E-state index in [1.807, 2.05) is 12.3 Å². The second kappa shape index (κ2) is 11.8. The van der Waals surface area contributed by atoms with Crippen molar-refractivity contribution in [1.82, 2.24) is 25.0 Å². The fourth-order valence-corrected chi connectivity index (χ4v) is 3.71. The van der Waals surface area contributed by atoms with Crippen LogP contribution in [-0.2, 0) is 0 Å². The maximum absolute atomic E-state index is 4.97. The lowest BCUT2D eigenvalue weighted by molar-refractivity contribution is 0.122. The van der Waals surface area contributed by atoms with Gasteiger partial charge in [-0.25, -0.2) is 4.98 Å². The van der Waals surface area contributed by atoms with Gasteiger partial charge < -0.3 is 20.0 Å². The zero-order valence-electron chi connectivity index (χ0n) is 17.5. The predicted octanol–water partition coefficient (Wildman–Crippen LogP) is 1.42. The van der Waals surface area contributed by atoms with Crippen LogP contribution in [0.1, 0.15) is 13.8 Å². The summed E-state index contributed by atoms with van der Waals surface area (Å²) >= 11 is 0. The minimum atomic E-state index is 0. The average Bonchev–Trinajstić information content (AvgIpc) is 2.72. The second-order valence-corrected chi connectivity index (χ2v) is 7.54. The third-order valence-corrected chi connectivity index (χ3v) is 5.55. The number of rotatable bonds is 5. The summed E-state index contributed by atoms with van der Waals surface area (Å²) in [6, 6.07) is 6.60. The first-order chi connectivity index (χ1) is 13.2. The van der Waals surface area contributed by atoms with Gasteiger partial charge in [-0.15, -0.1) is 24.0 Å². The van der Waals surface area contributed by atoms with Crippen molar-refractivity contribution < 1.29 is 0 Å². The summed E-state index contributed by atoms with van der Waals surface area (Å²) in [5, 5.41) is 3.49. The number of anilines is 1. The SMILES string of the molecule is CCNC(=NCC(C)N1CCN(C)CC1)N1CCN(c2ccccn2)CC1.I. The molecule has 1 atom stereocenters. The number of aromatic nitrogens is 1. The van der Waals surface area contributed by atoms with E-state index in [1.165, 1.54) is 0 Å². The lowest BCUT2D eigenvalue weighted by Crippen LogP contribution is -2.53. The molecule has 0 spiro atoms. The molecule has 28 heavy (non-hydrogen) atoms. The molecular formula is C20H36IN7. The van der Waals surface area contributed by atoms with Crippen LogP contribution >= 0.6 is 24.0 Å². The number of guanidine groups is 1. The van der Waals surface area contributed by atoms with E-state index in [1.54, 1.807) is 0 Å². The van der Waals surface area contributed by atoms with Gasteiger partial charge in [-0.2, -0.15) is 0 Å². The standard InChI is InChI=1S/C20H35N7.HI/c1-4-21-20(23-17-18(2)25-11-9-24(3)10-12-25)27-15-13-26(14-16-27)19-7-5-6-8-22-19;/h5-8,18H,4,9-17H2,1-3H3,(H,21,23);1H. The van der Waals surface area contributed by atoms with Crippen molar-refractivity contribution in [2.75, 3.05) is 77.4 Å². The number of hydrogen-bond acceptors (Lipinski definition) is 5. The number of aliphatic imine (C=N–C) groups is 1. The van der Waals surface area contributed by atoms with Crippen LogP contribution in [0.5, 0.6) is 0 Å². The van der Waals surface area contributed by atoms with Gasteiger partial charge in [0.25, 0.3) is 0 Å². The Morgan fingerprint density at radius 2 is 1.82 bits per heavy atom. The van der Waals surface area contributed by atoms with Gasteiger partial charge in [0.15, 0.2) is 5.96 Å². The molecule has 8 heteroatoms. The highest BCUT2D eigenvalue weighted by atomic mass is 127. The fourth-order valence-electron chi connectivity index (χ4n) is 3.71. The molecule has 0 saturated carbocycles. The van der Waals surface area contributed by atoms with Crippen LogP contribution < -0.4 is 10.2 Å². The molecular weight excluding hydrogens is 465 g/mol. The van der Waals surface area contributed by atoms with Crippen molar-refractivity contribution in [1.29, 1.82) is 0 Å². The number of hydrogen-bond donors (Lipinski definition) is 1. The number of pyridine rings is 1. The van der Waals surface area contributed by atoms with Gasteiger partial charge in [0.1, 0.15) is 5.82 Å². The maximum atomic E-state index is 4.97. The topological polar surface area (TPSA) is 50.2 Å². The predicted molar refractivity (Wildman–Crippen MR) is 128 cm³/mol. The van der Waals surface area contributed by atoms with E-state index in [0.29, 0.717) is 6.04 Å². The number of piperazine rings is 2. The van der Waals surface area contributed by atoms with Gasteiger partial charge >= 0.3 is 0 Å². The highest BCUT2D eigenvalue weighted by Crippen LogP contribution is 2.13. The number of nitrogens with zero attached hydrogens (tertiary/aromatic N) is 6. The van der Waals surface area contributed by atoms with E-state index in [9.17, 15) is 0 Å². The third kappa shape index (κ3) is 6.45. The Hall–Kier alpha value is -1.13. The number of likely N-dealkylation sites (N-methyl/N-ethyl adjacent to an activating group) is 1. The molecule has 1 N–H and O–H groups in total. The summed E-state index contributed by atoms with van der Waals surface area (Å²) in [4.78, 5) is 19.2. The second-order valence-electron chi connectivity index (χ2n) is 7.54. The molecule has 1 aromatic heterocycles. The lowest BCUT2D eigenvalue weighted by atomic mass is 10.2. The van der Waals surface area contributed by atoms with Gasteiger partial charge in [0, 0.05) is 71.1 Å². The minimum absolute atomic E-state index is 0. The van der Waals surface area contributed by atoms with Gasteiger partial charge in [-0.1, -0.05) is 6.07 Å². The van der Waals surface area contributed by atoms with Gasteiger partial charge in [0.2, 0.25) is 0 Å². The number of halogens is 1. The molecule has 2 aliphatic heterocycles. The molecule has 1 unspecified atom stereocenters. The van der Waals surface area contributed by atoms with Crippen molar-refractivity contribution >= 4 is 35.8 Å². The number of nitrogens with one attached hydrogen (secondary N) is 1. The summed E-state index contributed by atoms with van der Waals surface area (Å²) in [6.45, 7) is 14.7. The van der Waals surface area contributed by atoms with Gasteiger partial charge in [-0.05, 0) is 33.0 Å². The first-order valence-corrected chi connectivity index (χ1v) is 10.3. The van der Waals surface area contributed by atoms with Crippen LogP contribution in [0.2, 0.25) is 0 Å². The third-order valence-electron chi connectivity index (χ3n) is 5.55. The lowest BCUT2D eigenvalue weighted by Gasteiger charge is -2.38. The van der Waals surface area contributed by atoms with Gasteiger partial charge in [0.05, 0.1) is 6.54 Å². The summed E-state index contributed by atoms with van der Waals surface area (Å²) in [6.07, 6.45) is 1.87. The Labute approximate surface area is 187 Å². The summed E-state index contributed by atoms with van der Waals surface area (Å²) < 4.78 is 0. The quantitative estimate of drug-likeness (QED) is 0.375. The first-order valence-electron chi connectivity index (χ1n) is 10.3. The van der Waals surface area contributed by atoms with E-state index in [4.69, 9.17) is 4.99 Å². The van der Waals surface area contributed by atoms with Crippen LogP contribution in [0, 0.1) is 0 Å². The van der Waals surface area contributed by atoms with Crippen LogP contribution in [0.4, 0.5) is 5.82 Å². The molecule has 7 nitrogen and oxygen atoms in total. The molecule has 0 aromatic carbocycles. The smallest absolute Gasteiger partial charge is 0.194 e. The zero-order chi connectivity index (χ0) is 19.1. The molecule has 2 fully saturated rings. The van der Waals surface area contributed by atoms with Crippen molar-refractivity contribution in [3.05, 3.63) is 24.4 Å². The first kappa shape index (κ1) is 23.2. The summed E-state index contributed by atoms with van der Waals surface area (Å²) in [5.74, 6) is 2.13. The van der Waals surface area contributed by atoms with Crippen LogP contribution in [0.3, 0.4) is 0 Å². The van der Waals surface area contributed by atoms with Crippen LogP contribution in [0.25, 0.3) is 0 Å². The minimum Gasteiger partial charge on any atom is -0.357 e. The van der Waals surface area contributed by atoms with Gasteiger partial charge in [-0.3, -0.25) is 9.89 Å². The molecule has 0 aliphatic carbocycles. The molecule has 2 saturated heterocycles. The molecule has 2 aliphatic rings. The van der Waals surface area contributed by atoms with Crippen molar-refractivity contribution in [2.24, 2.45) is 4.99 Å². The van der Waals surface area contributed by atoms with E-state index >= 15 is 0 Å². The van der Waals surface area contributed by atoms with Crippen LogP contribution in [0.15, 0.2) is 29.4 Å². The molecule has 1 aromatic rings. The zero-order valence-corrected chi connectivity index (χ0v) is 19.9. The monoisotopic (exact) mass is 501 g/mol. The maximum Gasteiger partial charge on any atom is 0.194 e. The Balaban J connectivity index is 0.00000280. The molecule has 0 radical (unpaired) electrons. The molecule has 3 rings (SSSR count). The molecule has 0 bridgehead atoms. The highest BCUT2D eigenvalue weighted by Gasteiger charge is 2.22.